The molecule has 2 atom stereocenters. The Kier molecular flexibility index (Phi) is 3.87. The maximum absolute atomic E-state index is 11.8. The van der Waals surface area contributed by atoms with Crippen LogP contribution in [0, 0.1) is 0 Å². The van der Waals surface area contributed by atoms with E-state index in [9.17, 15) is 14.7 Å². The second-order valence-electron chi connectivity index (χ2n) is 5.18. The monoisotopic (exact) mass is 257 g/mol. The Hall–Kier alpha value is -1.14. The van der Waals surface area contributed by atoms with Gasteiger partial charge in [0.1, 0.15) is 6.10 Å². The molecule has 1 saturated heterocycles. The number of hydrogen-bond acceptors (Lipinski definition) is 4. The number of carbonyl (C=O) groups is 2. The van der Waals surface area contributed by atoms with Crippen LogP contribution >= 0.6 is 0 Å². The fourth-order valence-corrected chi connectivity index (χ4v) is 2.59. The highest BCUT2D eigenvalue weighted by molar-refractivity contribution is 5.82. The lowest BCUT2D eigenvalue weighted by Gasteiger charge is -2.23. The molecule has 1 saturated carbocycles. The molecule has 2 rings (SSSR count). The van der Waals surface area contributed by atoms with E-state index in [0.717, 1.165) is 12.8 Å². The Morgan fingerprint density at radius 2 is 1.83 bits per heavy atom. The third kappa shape index (κ3) is 3.00. The van der Waals surface area contributed by atoms with E-state index in [2.05, 4.69) is 5.32 Å². The third-order valence-electron chi connectivity index (χ3n) is 3.71. The van der Waals surface area contributed by atoms with Gasteiger partial charge >= 0.3 is 5.97 Å². The predicted octanol–water partition coefficient (Wildman–Crippen LogP) is 0.0399. The molecular formula is C12H19NO5. The lowest BCUT2D eigenvalue weighted by Crippen LogP contribution is -2.44. The summed E-state index contributed by atoms with van der Waals surface area (Å²) in [6, 6.07) is 0. The number of carboxylic acid groups (broad SMARTS) is 1. The number of hydrogen-bond donors (Lipinski definition) is 3. The molecule has 1 amide bonds. The normalized spacial score (nSPS) is 30.3. The number of carboxylic acids is 1. The molecule has 1 heterocycles. The second kappa shape index (κ2) is 5.24. The van der Waals surface area contributed by atoms with Crippen LogP contribution in [0.25, 0.3) is 0 Å². The van der Waals surface area contributed by atoms with Crippen LogP contribution in [0.4, 0.5) is 0 Å². The zero-order valence-electron chi connectivity index (χ0n) is 10.2. The van der Waals surface area contributed by atoms with Crippen LogP contribution < -0.4 is 5.32 Å². The van der Waals surface area contributed by atoms with E-state index in [4.69, 9.17) is 9.84 Å². The van der Waals surface area contributed by atoms with Gasteiger partial charge in [0.05, 0.1) is 5.60 Å². The fraction of sp³-hybridized carbons (Fsp3) is 0.833. The molecule has 3 N–H and O–H groups in total. The number of ether oxygens (including phenoxy) is 1. The first-order chi connectivity index (χ1) is 8.50. The van der Waals surface area contributed by atoms with E-state index < -0.39 is 23.8 Å². The molecule has 6 heteroatoms. The average molecular weight is 257 g/mol. The summed E-state index contributed by atoms with van der Waals surface area (Å²) in [5, 5.41) is 21.5. The topological polar surface area (TPSA) is 95.9 Å². The van der Waals surface area contributed by atoms with Gasteiger partial charge in [0.25, 0.3) is 0 Å². The van der Waals surface area contributed by atoms with E-state index in [-0.39, 0.29) is 12.5 Å². The van der Waals surface area contributed by atoms with Crippen LogP contribution in [-0.4, -0.2) is 46.4 Å². The molecule has 18 heavy (non-hydrogen) atoms. The molecule has 2 fully saturated rings. The Morgan fingerprint density at radius 1 is 1.22 bits per heavy atom. The summed E-state index contributed by atoms with van der Waals surface area (Å²) in [4.78, 5) is 22.5. The number of carbonyl (C=O) groups excluding carboxylic acids is 1. The molecule has 0 unspecified atom stereocenters. The van der Waals surface area contributed by atoms with Crippen LogP contribution in [0.5, 0.6) is 0 Å². The van der Waals surface area contributed by atoms with Crippen molar-refractivity contribution in [1.82, 2.24) is 5.32 Å². The minimum absolute atomic E-state index is 0.226. The maximum Gasteiger partial charge on any atom is 0.332 e. The van der Waals surface area contributed by atoms with Crippen LogP contribution in [0.1, 0.15) is 38.5 Å². The lowest BCUT2D eigenvalue weighted by molar-refractivity contribution is -0.152. The number of nitrogens with one attached hydrogen (secondary N) is 1. The van der Waals surface area contributed by atoms with Crippen LogP contribution in [-0.2, 0) is 14.3 Å². The van der Waals surface area contributed by atoms with Crippen molar-refractivity contribution in [1.29, 1.82) is 0 Å². The van der Waals surface area contributed by atoms with Gasteiger partial charge in [-0.1, -0.05) is 12.8 Å². The molecule has 0 aromatic rings. The Balaban J connectivity index is 1.77. The van der Waals surface area contributed by atoms with Crippen molar-refractivity contribution < 1.29 is 24.5 Å². The van der Waals surface area contributed by atoms with E-state index in [0.29, 0.717) is 25.7 Å². The zero-order chi connectivity index (χ0) is 13.2. The van der Waals surface area contributed by atoms with Gasteiger partial charge in [-0.2, -0.15) is 0 Å². The SMILES string of the molecule is O=C(NCC1(O)CCCC1)[C@@H]1CC[C@H](C(=O)O)O1. The van der Waals surface area contributed by atoms with E-state index in [1.54, 1.807) is 0 Å². The van der Waals surface area contributed by atoms with Gasteiger partial charge in [0.2, 0.25) is 5.91 Å². The summed E-state index contributed by atoms with van der Waals surface area (Å²) in [6.07, 6.45) is 2.57. The second-order valence-corrected chi connectivity index (χ2v) is 5.18. The van der Waals surface area contributed by atoms with Crippen LogP contribution in [0.15, 0.2) is 0 Å². The molecule has 0 aromatic heterocycles. The molecule has 0 radical (unpaired) electrons. The summed E-state index contributed by atoms with van der Waals surface area (Å²) < 4.78 is 5.14. The molecule has 1 aliphatic heterocycles. The average Bonchev–Trinajstić information content (AvgIpc) is 2.95. The summed E-state index contributed by atoms with van der Waals surface area (Å²) in [5.41, 5.74) is -0.791. The molecule has 1 aliphatic carbocycles. The molecule has 0 bridgehead atoms. The van der Waals surface area contributed by atoms with Gasteiger partial charge in [-0.05, 0) is 25.7 Å². The minimum atomic E-state index is -1.03. The lowest BCUT2D eigenvalue weighted by atomic mass is 10.0. The summed E-state index contributed by atoms with van der Waals surface area (Å²) >= 11 is 0. The van der Waals surface area contributed by atoms with Crippen molar-refractivity contribution in [2.75, 3.05) is 6.54 Å². The first-order valence-electron chi connectivity index (χ1n) is 6.38. The Labute approximate surface area is 105 Å². The van der Waals surface area contributed by atoms with Crippen LogP contribution in [0.2, 0.25) is 0 Å². The molecule has 2 aliphatic rings. The standard InChI is InChI=1S/C12H19NO5/c14-10(8-3-4-9(18-8)11(15)16)13-7-12(17)5-1-2-6-12/h8-9,17H,1-7H2,(H,13,14)(H,15,16)/t8-,9+/m0/s1. The van der Waals surface area contributed by atoms with Gasteiger partial charge in [0, 0.05) is 6.54 Å². The van der Waals surface area contributed by atoms with Gasteiger partial charge in [-0.3, -0.25) is 4.79 Å². The van der Waals surface area contributed by atoms with Gasteiger partial charge in [0.15, 0.2) is 6.10 Å². The summed E-state index contributed by atoms with van der Waals surface area (Å²) in [7, 11) is 0. The van der Waals surface area contributed by atoms with Gasteiger partial charge in [-0.15, -0.1) is 0 Å². The first kappa shape index (κ1) is 13.3. The van der Waals surface area contributed by atoms with Crippen molar-refractivity contribution in [3.63, 3.8) is 0 Å². The quantitative estimate of drug-likeness (QED) is 0.661. The van der Waals surface area contributed by atoms with Crippen molar-refractivity contribution in [2.45, 2.75) is 56.3 Å². The Morgan fingerprint density at radius 3 is 2.39 bits per heavy atom. The smallest absolute Gasteiger partial charge is 0.332 e. The predicted molar refractivity (Wildman–Crippen MR) is 62.0 cm³/mol. The maximum atomic E-state index is 11.8. The van der Waals surface area contributed by atoms with E-state index in [1.165, 1.54) is 0 Å². The number of aliphatic carboxylic acids is 1. The number of aliphatic hydroxyl groups is 1. The molecular weight excluding hydrogens is 238 g/mol. The highest BCUT2D eigenvalue weighted by atomic mass is 16.5. The van der Waals surface area contributed by atoms with Crippen molar-refractivity contribution in [3.05, 3.63) is 0 Å². The molecule has 0 aromatic carbocycles. The van der Waals surface area contributed by atoms with E-state index in [1.807, 2.05) is 0 Å². The fourth-order valence-electron chi connectivity index (χ4n) is 2.59. The highest BCUT2D eigenvalue weighted by Gasteiger charge is 2.36. The first-order valence-corrected chi connectivity index (χ1v) is 6.38. The van der Waals surface area contributed by atoms with Gasteiger partial charge < -0.3 is 20.3 Å². The van der Waals surface area contributed by atoms with Crippen molar-refractivity contribution >= 4 is 11.9 Å². The number of rotatable bonds is 4. The number of amides is 1. The molecule has 0 spiro atoms. The Bertz CT molecular complexity index is 337. The van der Waals surface area contributed by atoms with Crippen LogP contribution in [0.3, 0.4) is 0 Å². The van der Waals surface area contributed by atoms with Gasteiger partial charge in [-0.25, -0.2) is 4.79 Å². The van der Waals surface area contributed by atoms with Crippen molar-refractivity contribution in [3.8, 4) is 0 Å². The third-order valence-corrected chi connectivity index (χ3v) is 3.71. The molecule has 6 nitrogen and oxygen atoms in total. The largest absolute Gasteiger partial charge is 0.479 e. The highest BCUT2D eigenvalue weighted by Crippen LogP contribution is 2.28. The van der Waals surface area contributed by atoms with Crippen molar-refractivity contribution in [2.24, 2.45) is 0 Å². The summed E-state index contributed by atoms with van der Waals surface area (Å²) in [6.45, 7) is 0.226. The molecule has 102 valence electrons. The van der Waals surface area contributed by atoms with E-state index >= 15 is 0 Å². The zero-order valence-corrected chi connectivity index (χ0v) is 10.2. The summed E-state index contributed by atoms with van der Waals surface area (Å²) in [5.74, 6) is -1.35. The minimum Gasteiger partial charge on any atom is -0.479 e.